The predicted octanol–water partition coefficient (Wildman–Crippen LogP) is 4.27. The molecular formula is C24H27ClN2O4. The highest BCUT2D eigenvalue weighted by atomic mass is 35.5. The molecule has 2 aromatic carbocycles. The molecule has 6 nitrogen and oxygen atoms in total. The molecule has 0 aliphatic carbocycles. The van der Waals surface area contributed by atoms with E-state index in [-0.39, 0.29) is 12.5 Å². The summed E-state index contributed by atoms with van der Waals surface area (Å²) in [5, 5.41) is 0.505. The van der Waals surface area contributed by atoms with Crippen molar-refractivity contribution < 1.29 is 19.1 Å². The molecule has 2 atom stereocenters. The van der Waals surface area contributed by atoms with Crippen LogP contribution in [0.25, 0.3) is 0 Å². The van der Waals surface area contributed by atoms with Gasteiger partial charge in [-0.15, -0.1) is 0 Å². The van der Waals surface area contributed by atoms with Crippen LogP contribution in [0.15, 0.2) is 53.5 Å². The highest BCUT2D eigenvalue weighted by molar-refractivity contribution is 6.32. The minimum absolute atomic E-state index is 0.236. The normalized spacial score (nSPS) is 17.5. The number of amides is 1. The first-order chi connectivity index (χ1) is 14.6. The van der Waals surface area contributed by atoms with Gasteiger partial charge >= 0.3 is 5.97 Å². The average molecular weight is 443 g/mol. The molecule has 3 rings (SSSR count). The summed E-state index contributed by atoms with van der Waals surface area (Å²) in [6.45, 7) is 7.35. The molecule has 1 amide bonds. The summed E-state index contributed by atoms with van der Waals surface area (Å²) < 4.78 is 10.9. The van der Waals surface area contributed by atoms with E-state index in [0.29, 0.717) is 22.0 Å². The number of carbonyl (C=O) groups is 2. The fourth-order valence-electron chi connectivity index (χ4n) is 3.59. The van der Waals surface area contributed by atoms with Crippen molar-refractivity contribution in [1.29, 1.82) is 0 Å². The lowest BCUT2D eigenvalue weighted by atomic mass is 10.00. The maximum absolute atomic E-state index is 13.6. The summed E-state index contributed by atoms with van der Waals surface area (Å²) in [7, 11) is 1.29. The lowest BCUT2D eigenvalue weighted by Crippen LogP contribution is -2.47. The number of fused-ring (bicyclic) bond motifs is 1. The standard InChI is InChI=1S/C24H27ClN2O4/c1-15(31-24(2,3)4)21-23(29)27(14-20(28)30-5)19-12-11-17(25)13-18(19)22(26-21)16-9-7-6-8-10-16/h6-13,15,21H,14H2,1-5H3/t15-,21+/m1/s1. The van der Waals surface area contributed by atoms with Gasteiger partial charge in [-0.05, 0) is 45.9 Å². The number of hydrogen-bond acceptors (Lipinski definition) is 5. The molecule has 1 aliphatic heterocycles. The van der Waals surface area contributed by atoms with E-state index in [1.54, 1.807) is 18.2 Å². The molecule has 0 aromatic heterocycles. The van der Waals surface area contributed by atoms with Gasteiger partial charge in [0.15, 0.2) is 6.04 Å². The maximum Gasteiger partial charge on any atom is 0.325 e. The van der Waals surface area contributed by atoms with Crippen LogP contribution >= 0.6 is 11.6 Å². The topological polar surface area (TPSA) is 68.2 Å². The molecule has 0 N–H and O–H groups in total. The highest BCUT2D eigenvalue weighted by Gasteiger charge is 2.38. The third kappa shape index (κ3) is 5.32. The van der Waals surface area contributed by atoms with Crippen molar-refractivity contribution in [3.63, 3.8) is 0 Å². The number of rotatable bonds is 5. The number of esters is 1. The Hall–Kier alpha value is -2.70. The van der Waals surface area contributed by atoms with Crippen molar-refractivity contribution in [2.45, 2.75) is 45.4 Å². The first kappa shape index (κ1) is 23.0. The Morgan fingerprint density at radius 3 is 2.48 bits per heavy atom. The van der Waals surface area contributed by atoms with Crippen LogP contribution in [0.5, 0.6) is 0 Å². The van der Waals surface area contributed by atoms with E-state index in [1.807, 2.05) is 58.0 Å². The SMILES string of the molecule is COC(=O)CN1C(=O)[C@H]([C@@H](C)OC(C)(C)C)N=C(c2ccccc2)c2cc(Cl)ccc21. The Morgan fingerprint density at radius 1 is 1.19 bits per heavy atom. The quantitative estimate of drug-likeness (QED) is 0.648. The third-order valence-electron chi connectivity index (χ3n) is 4.84. The van der Waals surface area contributed by atoms with Gasteiger partial charge in [-0.25, -0.2) is 0 Å². The molecule has 1 aliphatic rings. The number of methoxy groups -OCH3 is 1. The molecular weight excluding hydrogens is 416 g/mol. The van der Waals surface area contributed by atoms with Crippen LogP contribution in [-0.2, 0) is 19.1 Å². The molecule has 0 unspecified atom stereocenters. The summed E-state index contributed by atoms with van der Waals surface area (Å²) >= 11 is 6.31. The Balaban J connectivity index is 2.22. The zero-order chi connectivity index (χ0) is 22.8. The number of halogens is 1. The predicted molar refractivity (Wildman–Crippen MR) is 122 cm³/mol. The smallest absolute Gasteiger partial charge is 0.325 e. The lowest BCUT2D eigenvalue weighted by Gasteiger charge is -2.30. The van der Waals surface area contributed by atoms with E-state index in [1.165, 1.54) is 12.0 Å². The summed E-state index contributed by atoms with van der Waals surface area (Å²) in [5.74, 6) is -0.864. The largest absolute Gasteiger partial charge is 0.468 e. The number of benzene rings is 2. The van der Waals surface area contributed by atoms with E-state index in [2.05, 4.69) is 0 Å². The average Bonchev–Trinajstić information content (AvgIpc) is 2.82. The van der Waals surface area contributed by atoms with Gasteiger partial charge in [0.25, 0.3) is 5.91 Å². The zero-order valence-corrected chi connectivity index (χ0v) is 19.1. The van der Waals surface area contributed by atoms with Gasteiger partial charge in [0.05, 0.1) is 30.2 Å². The molecule has 0 saturated heterocycles. The Labute approximate surface area is 187 Å². The number of anilines is 1. The van der Waals surface area contributed by atoms with Crippen LogP contribution in [0.2, 0.25) is 5.02 Å². The van der Waals surface area contributed by atoms with Crippen LogP contribution in [0.3, 0.4) is 0 Å². The van der Waals surface area contributed by atoms with Crippen molar-refractivity contribution in [3.8, 4) is 0 Å². The van der Waals surface area contributed by atoms with Crippen molar-refractivity contribution in [1.82, 2.24) is 0 Å². The van der Waals surface area contributed by atoms with Gasteiger partial charge in [0.2, 0.25) is 0 Å². The molecule has 0 radical (unpaired) electrons. The molecule has 7 heteroatoms. The monoisotopic (exact) mass is 442 g/mol. The van der Waals surface area contributed by atoms with Crippen molar-refractivity contribution in [2.24, 2.45) is 4.99 Å². The minimum Gasteiger partial charge on any atom is -0.468 e. The van der Waals surface area contributed by atoms with Crippen LogP contribution in [-0.4, -0.2) is 49.0 Å². The van der Waals surface area contributed by atoms with Crippen molar-refractivity contribution in [3.05, 3.63) is 64.7 Å². The number of nitrogens with zero attached hydrogens (tertiary/aromatic N) is 2. The highest BCUT2D eigenvalue weighted by Crippen LogP contribution is 2.32. The number of ether oxygens (including phenoxy) is 2. The fraction of sp³-hybridized carbons (Fsp3) is 0.375. The van der Waals surface area contributed by atoms with Gasteiger partial charge in [0.1, 0.15) is 6.54 Å². The van der Waals surface area contributed by atoms with E-state index in [9.17, 15) is 9.59 Å². The van der Waals surface area contributed by atoms with Gasteiger partial charge in [-0.2, -0.15) is 0 Å². The van der Waals surface area contributed by atoms with Crippen molar-refractivity contribution >= 4 is 34.9 Å². The van der Waals surface area contributed by atoms with Gasteiger partial charge < -0.3 is 9.47 Å². The summed E-state index contributed by atoms with van der Waals surface area (Å²) in [6.07, 6.45) is -0.531. The van der Waals surface area contributed by atoms with E-state index in [0.717, 1.165) is 5.56 Å². The van der Waals surface area contributed by atoms with E-state index >= 15 is 0 Å². The zero-order valence-electron chi connectivity index (χ0n) is 18.4. The van der Waals surface area contributed by atoms with Crippen LogP contribution in [0, 0.1) is 0 Å². The van der Waals surface area contributed by atoms with Crippen LogP contribution in [0.4, 0.5) is 5.69 Å². The second-order valence-electron chi connectivity index (χ2n) is 8.39. The van der Waals surface area contributed by atoms with Gasteiger partial charge in [-0.3, -0.25) is 19.5 Å². The minimum atomic E-state index is -0.856. The molecule has 0 fully saturated rings. The number of carbonyl (C=O) groups excluding carboxylic acids is 2. The van der Waals surface area contributed by atoms with Crippen LogP contribution in [0.1, 0.15) is 38.8 Å². The second kappa shape index (κ2) is 9.20. The summed E-state index contributed by atoms with van der Waals surface area (Å²) in [5.41, 5.74) is 2.20. The van der Waals surface area contributed by atoms with Crippen LogP contribution < -0.4 is 4.90 Å². The lowest BCUT2D eigenvalue weighted by molar-refractivity contribution is -0.140. The van der Waals surface area contributed by atoms with Gasteiger partial charge in [-0.1, -0.05) is 41.9 Å². The molecule has 0 spiro atoms. The number of aliphatic imine (C=N–C) groups is 1. The van der Waals surface area contributed by atoms with E-state index < -0.39 is 23.7 Å². The van der Waals surface area contributed by atoms with E-state index in [4.69, 9.17) is 26.1 Å². The molecule has 31 heavy (non-hydrogen) atoms. The third-order valence-corrected chi connectivity index (χ3v) is 5.07. The molecule has 1 heterocycles. The molecule has 2 aromatic rings. The first-order valence-corrected chi connectivity index (χ1v) is 10.5. The summed E-state index contributed by atoms with van der Waals surface area (Å²) in [6, 6.07) is 13.9. The Morgan fingerprint density at radius 2 is 1.87 bits per heavy atom. The second-order valence-corrected chi connectivity index (χ2v) is 8.82. The Kier molecular flexibility index (Phi) is 6.82. The summed E-state index contributed by atoms with van der Waals surface area (Å²) in [4.78, 5) is 32.1. The van der Waals surface area contributed by atoms with Gasteiger partial charge in [0, 0.05) is 16.1 Å². The molecule has 0 bridgehead atoms. The maximum atomic E-state index is 13.6. The molecule has 0 saturated carbocycles. The fourth-order valence-corrected chi connectivity index (χ4v) is 3.76. The Bertz CT molecular complexity index is 998. The molecule has 164 valence electrons. The van der Waals surface area contributed by atoms with Crippen molar-refractivity contribution in [2.75, 3.05) is 18.6 Å². The number of hydrogen-bond donors (Lipinski definition) is 0. The number of benzodiazepines with no additional fused rings is 1. The first-order valence-electron chi connectivity index (χ1n) is 10.1.